The maximum absolute atomic E-state index is 11.2. The number of aryl methyl sites for hydroxylation is 1. The molecule has 0 spiro atoms. The number of carbonyl (C=O) groups excluding carboxylic acids is 1. The Bertz CT molecular complexity index is 336. The number of hydrogen-bond acceptors (Lipinski definition) is 3. The van der Waals surface area contributed by atoms with Gasteiger partial charge in [0.2, 0.25) is 5.91 Å². The van der Waals surface area contributed by atoms with Gasteiger partial charge in [0.25, 0.3) is 0 Å². The lowest BCUT2D eigenvalue weighted by Crippen LogP contribution is -2.22. The van der Waals surface area contributed by atoms with Crippen LogP contribution in [-0.4, -0.2) is 37.8 Å². The van der Waals surface area contributed by atoms with E-state index in [0.29, 0.717) is 19.6 Å². The first kappa shape index (κ1) is 13.7. The zero-order valence-electron chi connectivity index (χ0n) is 10.5. The fraction of sp³-hybridized carbons (Fsp3) is 0.583. The minimum absolute atomic E-state index is 0.0667. The Morgan fingerprint density at radius 1 is 1.53 bits per heavy atom. The number of amides is 1. The fourth-order valence-corrected chi connectivity index (χ4v) is 1.57. The summed E-state index contributed by atoms with van der Waals surface area (Å²) in [6.45, 7) is 3.05. The summed E-state index contributed by atoms with van der Waals surface area (Å²) < 4.78 is 7.06. The molecule has 0 bridgehead atoms. The van der Waals surface area contributed by atoms with Crippen molar-refractivity contribution in [3.05, 3.63) is 24.0 Å². The van der Waals surface area contributed by atoms with Crippen LogP contribution in [0.3, 0.4) is 0 Å². The third-order valence-electron chi connectivity index (χ3n) is 2.57. The predicted octanol–water partition coefficient (Wildman–Crippen LogP) is 0.360. The van der Waals surface area contributed by atoms with Crippen molar-refractivity contribution in [3.8, 4) is 0 Å². The van der Waals surface area contributed by atoms with E-state index in [4.69, 9.17) is 4.74 Å². The number of rotatable bonds is 8. The van der Waals surface area contributed by atoms with Gasteiger partial charge in [-0.05, 0) is 12.1 Å². The van der Waals surface area contributed by atoms with Gasteiger partial charge >= 0.3 is 0 Å². The molecule has 1 heterocycles. The molecular weight excluding hydrogens is 218 g/mol. The molecule has 0 unspecified atom stereocenters. The molecule has 0 atom stereocenters. The SMILES string of the molecule is CNC(=O)CCn1cccc1CNCCOC. The third kappa shape index (κ3) is 5.01. The predicted molar refractivity (Wildman–Crippen MR) is 66.7 cm³/mol. The quantitative estimate of drug-likeness (QED) is 0.644. The van der Waals surface area contributed by atoms with E-state index in [1.54, 1.807) is 14.2 Å². The van der Waals surface area contributed by atoms with E-state index in [-0.39, 0.29) is 5.91 Å². The minimum atomic E-state index is 0.0667. The second kappa shape index (κ2) is 7.86. The summed E-state index contributed by atoms with van der Waals surface area (Å²) in [6.07, 6.45) is 2.51. The van der Waals surface area contributed by atoms with E-state index in [2.05, 4.69) is 21.3 Å². The number of carbonyl (C=O) groups is 1. The van der Waals surface area contributed by atoms with Gasteiger partial charge in [-0.15, -0.1) is 0 Å². The molecule has 1 aromatic heterocycles. The first-order valence-corrected chi connectivity index (χ1v) is 5.82. The Labute approximate surface area is 102 Å². The monoisotopic (exact) mass is 239 g/mol. The van der Waals surface area contributed by atoms with E-state index in [0.717, 1.165) is 13.1 Å². The Kier molecular flexibility index (Phi) is 6.35. The van der Waals surface area contributed by atoms with Crippen LogP contribution in [0.25, 0.3) is 0 Å². The van der Waals surface area contributed by atoms with Crippen LogP contribution >= 0.6 is 0 Å². The van der Waals surface area contributed by atoms with Crippen LogP contribution in [0, 0.1) is 0 Å². The molecule has 5 nitrogen and oxygen atoms in total. The molecule has 1 rings (SSSR count). The van der Waals surface area contributed by atoms with Crippen molar-refractivity contribution < 1.29 is 9.53 Å². The molecule has 0 aromatic carbocycles. The molecule has 0 saturated heterocycles. The van der Waals surface area contributed by atoms with Gasteiger partial charge in [-0.3, -0.25) is 4.79 Å². The summed E-state index contributed by atoms with van der Waals surface area (Å²) in [6, 6.07) is 4.06. The van der Waals surface area contributed by atoms with Crippen molar-refractivity contribution in [2.45, 2.75) is 19.5 Å². The van der Waals surface area contributed by atoms with E-state index >= 15 is 0 Å². The highest BCUT2D eigenvalue weighted by atomic mass is 16.5. The third-order valence-corrected chi connectivity index (χ3v) is 2.57. The van der Waals surface area contributed by atoms with Crippen LogP contribution < -0.4 is 10.6 Å². The molecule has 1 aromatic rings. The van der Waals surface area contributed by atoms with Crippen molar-refractivity contribution in [2.75, 3.05) is 27.3 Å². The second-order valence-electron chi connectivity index (χ2n) is 3.79. The summed E-state index contributed by atoms with van der Waals surface area (Å²) in [5.41, 5.74) is 1.19. The Balaban J connectivity index is 2.34. The topological polar surface area (TPSA) is 55.3 Å². The Morgan fingerprint density at radius 3 is 3.06 bits per heavy atom. The molecule has 0 fully saturated rings. The average molecular weight is 239 g/mol. The van der Waals surface area contributed by atoms with E-state index in [1.165, 1.54) is 5.69 Å². The van der Waals surface area contributed by atoms with E-state index in [9.17, 15) is 4.79 Å². The molecule has 1 amide bonds. The van der Waals surface area contributed by atoms with Crippen molar-refractivity contribution in [1.29, 1.82) is 0 Å². The van der Waals surface area contributed by atoms with Gasteiger partial charge in [0, 0.05) is 52.1 Å². The second-order valence-corrected chi connectivity index (χ2v) is 3.79. The molecule has 0 saturated carbocycles. The molecular formula is C12H21N3O2. The van der Waals surface area contributed by atoms with Gasteiger partial charge in [0.05, 0.1) is 6.61 Å². The van der Waals surface area contributed by atoms with Crippen molar-refractivity contribution in [3.63, 3.8) is 0 Å². The highest BCUT2D eigenvalue weighted by Crippen LogP contribution is 2.03. The average Bonchev–Trinajstić information content (AvgIpc) is 2.79. The Morgan fingerprint density at radius 2 is 2.35 bits per heavy atom. The zero-order chi connectivity index (χ0) is 12.5. The first-order valence-electron chi connectivity index (χ1n) is 5.82. The maximum Gasteiger partial charge on any atom is 0.221 e. The molecule has 0 aliphatic rings. The van der Waals surface area contributed by atoms with Crippen LogP contribution in [-0.2, 0) is 22.6 Å². The maximum atomic E-state index is 11.2. The van der Waals surface area contributed by atoms with Crippen LogP contribution in [0.4, 0.5) is 0 Å². The highest BCUT2D eigenvalue weighted by Gasteiger charge is 2.03. The van der Waals surface area contributed by atoms with Gasteiger partial charge in [-0.2, -0.15) is 0 Å². The van der Waals surface area contributed by atoms with Crippen LogP contribution in [0.2, 0.25) is 0 Å². The van der Waals surface area contributed by atoms with Crippen molar-refractivity contribution in [2.24, 2.45) is 0 Å². The largest absolute Gasteiger partial charge is 0.383 e. The van der Waals surface area contributed by atoms with Crippen molar-refractivity contribution >= 4 is 5.91 Å². The molecule has 96 valence electrons. The van der Waals surface area contributed by atoms with E-state index in [1.807, 2.05) is 12.3 Å². The lowest BCUT2D eigenvalue weighted by atomic mass is 10.3. The standard InChI is InChI=1S/C12H21N3O2/c1-13-12(16)5-8-15-7-3-4-11(15)10-14-6-9-17-2/h3-4,7,14H,5-6,8-10H2,1-2H3,(H,13,16). The molecule has 5 heteroatoms. The molecule has 0 aliphatic heterocycles. The summed E-state index contributed by atoms with van der Waals surface area (Å²) in [7, 11) is 3.35. The summed E-state index contributed by atoms with van der Waals surface area (Å²) in [5.74, 6) is 0.0667. The van der Waals surface area contributed by atoms with Gasteiger partial charge in [0.15, 0.2) is 0 Å². The van der Waals surface area contributed by atoms with Crippen molar-refractivity contribution in [1.82, 2.24) is 15.2 Å². The number of nitrogens with zero attached hydrogens (tertiary/aromatic N) is 1. The number of hydrogen-bond donors (Lipinski definition) is 2. The minimum Gasteiger partial charge on any atom is -0.383 e. The van der Waals surface area contributed by atoms with Crippen LogP contribution in [0.15, 0.2) is 18.3 Å². The summed E-state index contributed by atoms with van der Waals surface area (Å²) in [4.78, 5) is 11.2. The molecule has 2 N–H and O–H groups in total. The van der Waals surface area contributed by atoms with Gasteiger partial charge in [-0.1, -0.05) is 0 Å². The Hall–Kier alpha value is -1.33. The van der Waals surface area contributed by atoms with Gasteiger partial charge in [-0.25, -0.2) is 0 Å². The summed E-state index contributed by atoms with van der Waals surface area (Å²) >= 11 is 0. The van der Waals surface area contributed by atoms with E-state index < -0.39 is 0 Å². The van der Waals surface area contributed by atoms with Crippen LogP contribution in [0.5, 0.6) is 0 Å². The number of methoxy groups -OCH3 is 1. The zero-order valence-corrected chi connectivity index (χ0v) is 10.5. The molecule has 17 heavy (non-hydrogen) atoms. The smallest absolute Gasteiger partial charge is 0.221 e. The number of nitrogens with one attached hydrogen (secondary N) is 2. The molecule has 0 radical (unpaired) electrons. The molecule has 0 aliphatic carbocycles. The lowest BCUT2D eigenvalue weighted by Gasteiger charge is -2.09. The van der Waals surface area contributed by atoms with Crippen LogP contribution in [0.1, 0.15) is 12.1 Å². The van der Waals surface area contributed by atoms with Gasteiger partial charge < -0.3 is 19.9 Å². The lowest BCUT2D eigenvalue weighted by molar-refractivity contribution is -0.120. The fourth-order valence-electron chi connectivity index (χ4n) is 1.57. The van der Waals surface area contributed by atoms with Gasteiger partial charge in [0.1, 0.15) is 0 Å². The number of aromatic nitrogens is 1. The number of ether oxygens (including phenoxy) is 1. The first-order chi connectivity index (χ1) is 8.27. The highest BCUT2D eigenvalue weighted by molar-refractivity contribution is 5.75. The normalized spacial score (nSPS) is 10.5. The summed E-state index contributed by atoms with van der Waals surface area (Å²) in [5, 5.41) is 5.91.